The molecule has 0 aromatic carbocycles. The Kier molecular flexibility index (Phi) is 3.52. The number of nitrogens with one attached hydrogen (secondary N) is 2. The minimum atomic E-state index is 0.0233. The fraction of sp³-hybridized carbons (Fsp3) is 0.474. The van der Waals surface area contributed by atoms with Gasteiger partial charge in [-0.1, -0.05) is 6.42 Å². The molecule has 3 aliphatic heterocycles. The van der Waals surface area contributed by atoms with Crippen LogP contribution in [0, 0.1) is 0 Å². The number of nitrogens with zero attached hydrogens (tertiary/aromatic N) is 3. The number of hydrogen-bond acceptors (Lipinski definition) is 6. The van der Waals surface area contributed by atoms with Crippen molar-refractivity contribution in [2.24, 2.45) is 0 Å². The second-order valence-corrected chi connectivity index (χ2v) is 7.19. The van der Waals surface area contributed by atoms with E-state index in [0.29, 0.717) is 0 Å². The van der Waals surface area contributed by atoms with Crippen LogP contribution < -0.4 is 10.6 Å². The third-order valence-electron chi connectivity index (χ3n) is 5.65. The molecule has 0 radical (unpaired) electrons. The predicted molar refractivity (Wildman–Crippen MR) is 95.1 cm³/mol. The first-order chi connectivity index (χ1) is 12.3. The SMILES string of the molecule is C1=C(Nc2ccncn2)C=C(C2CCO2)C2=CNC3(CCCCC3)N12. The molecule has 1 aliphatic carbocycles. The van der Waals surface area contributed by atoms with E-state index in [9.17, 15) is 0 Å². The Morgan fingerprint density at radius 2 is 2.16 bits per heavy atom. The van der Waals surface area contributed by atoms with Gasteiger partial charge in [0, 0.05) is 30.6 Å². The molecule has 1 aromatic rings. The number of fused-ring (bicyclic) bond motifs is 2. The fourth-order valence-corrected chi connectivity index (χ4v) is 4.25. The van der Waals surface area contributed by atoms with Crippen LogP contribution in [-0.4, -0.2) is 33.2 Å². The lowest BCUT2D eigenvalue weighted by Gasteiger charge is -2.45. The van der Waals surface area contributed by atoms with Crippen LogP contribution in [0.25, 0.3) is 0 Å². The number of hydrogen-bond donors (Lipinski definition) is 2. The number of anilines is 1. The van der Waals surface area contributed by atoms with E-state index in [2.05, 4.69) is 44.0 Å². The maximum absolute atomic E-state index is 5.81. The van der Waals surface area contributed by atoms with Gasteiger partial charge in [0.25, 0.3) is 0 Å². The summed E-state index contributed by atoms with van der Waals surface area (Å²) in [6.45, 7) is 0.853. The highest BCUT2D eigenvalue weighted by molar-refractivity contribution is 5.53. The first-order valence-electron chi connectivity index (χ1n) is 9.20. The molecular weight excluding hydrogens is 314 g/mol. The Morgan fingerprint density at radius 1 is 1.28 bits per heavy atom. The van der Waals surface area contributed by atoms with Gasteiger partial charge in [0.05, 0.1) is 24.1 Å². The minimum Gasteiger partial charge on any atom is -0.373 e. The highest BCUT2D eigenvalue weighted by atomic mass is 16.5. The topological polar surface area (TPSA) is 62.3 Å². The summed E-state index contributed by atoms with van der Waals surface area (Å²) in [5, 5.41) is 7.13. The summed E-state index contributed by atoms with van der Waals surface area (Å²) in [5.41, 5.74) is 3.60. The van der Waals surface area contributed by atoms with Crippen molar-refractivity contribution in [2.75, 3.05) is 11.9 Å². The average molecular weight is 337 g/mol. The van der Waals surface area contributed by atoms with E-state index in [-0.39, 0.29) is 11.8 Å². The predicted octanol–water partition coefficient (Wildman–Crippen LogP) is 2.87. The summed E-state index contributed by atoms with van der Waals surface area (Å²) in [5.74, 6) is 0.809. The number of rotatable bonds is 3. The number of aromatic nitrogens is 2. The zero-order chi connectivity index (χ0) is 16.7. The van der Waals surface area contributed by atoms with Crippen LogP contribution in [0.2, 0.25) is 0 Å². The van der Waals surface area contributed by atoms with Crippen molar-refractivity contribution in [3.8, 4) is 0 Å². The molecule has 1 saturated carbocycles. The summed E-state index contributed by atoms with van der Waals surface area (Å²) in [6.07, 6.45) is 17.4. The van der Waals surface area contributed by atoms with Gasteiger partial charge in [0.1, 0.15) is 17.8 Å². The first-order valence-corrected chi connectivity index (χ1v) is 9.20. The maximum atomic E-state index is 5.81. The lowest BCUT2D eigenvalue weighted by molar-refractivity contribution is -0.0272. The molecule has 0 bridgehead atoms. The third kappa shape index (κ3) is 2.52. The molecule has 6 nitrogen and oxygen atoms in total. The normalized spacial score (nSPS) is 26.8. The van der Waals surface area contributed by atoms with E-state index in [1.54, 1.807) is 12.5 Å². The van der Waals surface area contributed by atoms with Crippen LogP contribution in [0.15, 0.2) is 54.0 Å². The number of allylic oxidation sites excluding steroid dienone is 1. The molecule has 6 heteroatoms. The van der Waals surface area contributed by atoms with Crippen LogP contribution in [0.4, 0.5) is 5.82 Å². The van der Waals surface area contributed by atoms with E-state index < -0.39 is 0 Å². The maximum Gasteiger partial charge on any atom is 0.133 e. The lowest BCUT2D eigenvalue weighted by Crippen LogP contribution is -2.52. The van der Waals surface area contributed by atoms with E-state index in [4.69, 9.17) is 4.74 Å². The molecule has 130 valence electrons. The summed E-state index contributed by atoms with van der Waals surface area (Å²) in [6, 6.07) is 1.89. The number of ether oxygens (including phenoxy) is 1. The van der Waals surface area contributed by atoms with Gasteiger partial charge in [-0.3, -0.25) is 0 Å². The highest BCUT2D eigenvalue weighted by Crippen LogP contribution is 2.44. The Hall–Kier alpha value is -2.34. The van der Waals surface area contributed by atoms with Crippen LogP contribution in [0.5, 0.6) is 0 Å². The van der Waals surface area contributed by atoms with E-state index >= 15 is 0 Å². The molecule has 5 rings (SSSR count). The molecule has 1 saturated heterocycles. The molecule has 0 amide bonds. The molecule has 2 fully saturated rings. The van der Waals surface area contributed by atoms with E-state index in [0.717, 1.165) is 24.5 Å². The van der Waals surface area contributed by atoms with Gasteiger partial charge in [0.2, 0.25) is 0 Å². The Balaban J connectivity index is 1.49. The molecule has 1 unspecified atom stereocenters. The van der Waals surface area contributed by atoms with Crippen LogP contribution in [0.3, 0.4) is 0 Å². The standard InChI is InChI=1S/C19H23N5O/c1-2-6-19(7-3-1)22-11-16-15(17-5-9-25-17)10-14(12-24(16)19)23-18-4-8-20-13-21-18/h4,8,10-13,17,22H,1-3,5-7,9H2,(H,20,21,23). The van der Waals surface area contributed by atoms with Crippen LogP contribution in [-0.2, 0) is 4.74 Å². The van der Waals surface area contributed by atoms with Crippen molar-refractivity contribution in [3.05, 3.63) is 54.0 Å². The highest BCUT2D eigenvalue weighted by Gasteiger charge is 2.45. The van der Waals surface area contributed by atoms with Crippen molar-refractivity contribution in [3.63, 3.8) is 0 Å². The van der Waals surface area contributed by atoms with Crippen molar-refractivity contribution >= 4 is 5.82 Å². The zero-order valence-electron chi connectivity index (χ0n) is 14.2. The molecular formula is C19H23N5O. The average Bonchev–Trinajstić information content (AvgIpc) is 2.94. The van der Waals surface area contributed by atoms with Gasteiger partial charge in [-0.2, -0.15) is 0 Å². The van der Waals surface area contributed by atoms with E-state index in [1.807, 2.05) is 6.07 Å². The first kappa shape index (κ1) is 15.0. The summed E-state index contributed by atoms with van der Waals surface area (Å²) >= 11 is 0. The van der Waals surface area contributed by atoms with Crippen LogP contribution in [0.1, 0.15) is 38.5 Å². The van der Waals surface area contributed by atoms with Gasteiger partial charge in [-0.25, -0.2) is 9.97 Å². The third-order valence-corrected chi connectivity index (χ3v) is 5.65. The molecule has 1 atom stereocenters. The summed E-state index contributed by atoms with van der Waals surface area (Å²) in [7, 11) is 0. The van der Waals surface area contributed by atoms with Gasteiger partial charge in [-0.15, -0.1) is 0 Å². The molecule has 25 heavy (non-hydrogen) atoms. The van der Waals surface area contributed by atoms with Crippen molar-refractivity contribution in [1.29, 1.82) is 0 Å². The molecule has 1 aromatic heterocycles. The second kappa shape index (κ2) is 5.88. The zero-order valence-corrected chi connectivity index (χ0v) is 14.2. The summed E-state index contributed by atoms with van der Waals surface area (Å²) < 4.78 is 5.81. The lowest BCUT2D eigenvalue weighted by atomic mass is 9.87. The fourth-order valence-electron chi connectivity index (χ4n) is 4.25. The minimum absolute atomic E-state index is 0.0233. The van der Waals surface area contributed by atoms with Gasteiger partial charge < -0.3 is 20.3 Å². The van der Waals surface area contributed by atoms with Crippen molar-refractivity contribution in [1.82, 2.24) is 20.2 Å². The molecule has 4 heterocycles. The molecule has 1 spiro atoms. The van der Waals surface area contributed by atoms with Gasteiger partial charge in [0.15, 0.2) is 0 Å². The van der Waals surface area contributed by atoms with Crippen molar-refractivity contribution < 1.29 is 4.74 Å². The Morgan fingerprint density at radius 3 is 2.88 bits per heavy atom. The largest absolute Gasteiger partial charge is 0.373 e. The van der Waals surface area contributed by atoms with Crippen molar-refractivity contribution in [2.45, 2.75) is 50.3 Å². The smallest absolute Gasteiger partial charge is 0.133 e. The van der Waals surface area contributed by atoms with E-state index in [1.165, 1.54) is 43.4 Å². The van der Waals surface area contributed by atoms with Gasteiger partial charge in [-0.05, 0) is 37.8 Å². The quantitative estimate of drug-likeness (QED) is 0.884. The van der Waals surface area contributed by atoms with Crippen LogP contribution >= 0.6 is 0 Å². The van der Waals surface area contributed by atoms with Gasteiger partial charge >= 0.3 is 0 Å². The molecule has 4 aliphatic rings. The Labute approximate surface area is 147 Å². The monoisotopic (exact) mass is 337 g/mol. The second-order valence-electron chi connectivity index (χ2n) is 7.19. The molecule has 2 N–H and O–H groups in total. The summed E-state index contributed by atoms with van der Waals surface area (Å²) in [4.78, 5) is 10.7. The Bertz CT molecular complexity index is 744.